The molecule has 1 aliphatic heterocycles. The first-order valence-corrected chi connectivity index (χ1v) is 5.54. The number of amides is 3. The zero-order valence-electron chi connectivity index (χ0n) is 10.2. The van der Waals surface area contributed by atoms with Crippen LogP contribution in [0.1, 0.15) is 18.1 Å². The van der Waals surface area contributed by atoms with E-state index in [1.54, 1.807) is 37.3 Å². The van der Waals surface area contributed by atoms with Gasteiger partial charge in [-0.25, -0.2) is 9.69 Å². The molecule has 1 aliphatic rings. The summed E-state index contributed by atoms with van der Waals surface area (Å²) in [6.07, 6.45) is 0. The molecule has 1 heterocycles. The first-order chi connectivity index (χ1) is 9.02. The van der Waals surface area contributed by atoms with Gasteiger partial charge in [-0.2, -0.15) is 10.5 Å². The number of nitrogens with one attached hydrogen (secondary N) is 1. The van der Waals surface area contributed by atoms with Crippen LogP contribution >= 0.6 is 0 Å². The van der Waals surface area contributed by atoms with Crippen molar-refractivity contribution >= 4 is 11.9 Å². The molecular formula is C13H10N4O2. The van der Waals surface area contributed by atoms with Gasteiger partial charge in [0.15, 0.2) is 0 Å². The van der Waals surface area contributed by atoms with E-state index in [2.05, 4.69) is 5.32 Å². The predicted octanol–water partition coefficient (Wildman–Crippen LogP) is 0.849. The van der Waals surface area contributed by atoms with Gasteiger partial charge in [0.05, 0.1) is 17.7 Å². The monoisotopic (exact) mass is 254 g/mol. The maximum Gasteiger partial charge on any atom is 0.326 e. The largest absolute Gasteiger partial charge is 0.326 e. The van der Waals surface area contributed by atoms with Crippen LogP contribution in [0.25, 0.3) is 0 Å². The Morgan fingerprint density at radius 2 is 1.89 bits per heavy atom. The number of hydrogen-bond acceptors (Lipinski definition) is 4. The van der Waals surface area contributed by atoms with Crippen molar-refractivity contribution in [1.82, 2.24) is 10.2 Å². The number of carbonyl (C=O) groups excluding carboxylic acids is 2. The van der Waals surface area contributed by atoms with E-state index in [9.17, 15) is 9.59 Å². The lowest BCUT2D eigenvalue weighted by Crippen LogP contribution is -2.40. The van der Waals surface area contributed by atoms with Crippen LogP contribution in [0.4, 0.5) is 4.79 Å². The second-order valence-electron chi connectivity index (χ2n) is 4.29. The molecule has 0 spiro atoms. The summed E-state index contributed by atoms with van der Waals surface area (Å²) in [5.74, 6) is -0.469. The standard InChI is InChI=1S/C13H10N4O2/c1-13(10-4-2-9(8-15)3-5-10)11(18)17(7-6-14)12(19)16-13/h2-5H,7H2,1H3,(H,16,19)/t13-/m0/s1. The summed E-state index contributed by atoms with van der Waals surface area (Å²) in [6.45, 7) is 1.29. The lowest BCUT2D eigenvalue weighted by atomic mass is 9.91. The zero-order chi connectivity index (χ0) is 14.0. The molecule has 0 aliphatic carbocycles. The molecule has 1 saturated heterocycles. The normalized spacial score (nSPS) is 21.7. The van der Waals surface area contributed by atoms with Crippen molar-refractivity contribution in [2.45, 2.75) is 12.5 Å². The lowest BCUT2D eigenvalue weighted by Gasteiger charge is -2.21. The highest BCUT2D eigenvalue weighted by molar-refractivity contribution is 6.07. The van der Waals surface area contributed by atoms with Gasteiger partial charge in [0.1, 0.15) is 12.1 Å². The van der Waals surface area contributed by atoms with Gasteiger partial charge in [0, 0.05) is 0 Å². The topological polar surface area (TPSA) is 97.0 Å². The summed E-state index contributed by atoms with van der Waals surface area (Å²) in [7, 11) is 0. The van der Waals surface area contributed by atoms with Gasteiger partial charge in [-0.15, -0.1) is 0 Å². The molecule has 0 radical (unpaired) electrons. The van der Waals surface area contributed by atoms with E-state index in [-0.39, 0.29) is 6.54 Å². The van der Waals surface area contributed by atoms with Crippen molar-refractivity contribution in [2.24, 2.45) is 0 Å². The van der Waals surface area contributed by atoms with E-state index in [4.69, 9.17) is 10.5 Å². The van der Waals surface area contributed by atoms with Crippen LogP contribution in [0, 0.1) is 22.7 Å². The third kappa shape index (κ3) is 1.90. The molecule has 0 aromatic heterocycles. The summed E-state index contributed by atoms with van der Waals surface area (Å²) < 4.78 is 0. The average Bonchev–Trinajstić information content (AvgIpc) is 2.64. The molecule has 1 aromatic carbocycles. The van der Waals surface area contributed by atoms with Crippen LogP contribution in [-0.4, -0.2) is 23.4 Å². The number of hydrogen-bond donors (Lipinski definition) is 1. The molecule has 0 saturated carbocycles. The number of nitriles is 2. The minimum Gasteiger partial charge on any atom is -0.319 e. The molecular weight excluding hydrogens is 244 g/mol. The minimum absolute atomic E-state index is 0.281. The molecule has 3 amide bonds. The highest BCUT2D eigenvalue weighted by Gasteiger charge is 2.48. The van der Waals surface area contributed by atoms with Crippen LogP contribution in [0.3, 0.4) is 0 Å². The number of carbonyl (C=O) groups is 2. The first kappa shape index (κ1) is 12.6. The van der Waals surface area contributed by atoms with E-state index in [0.29, 0.717) is 11.1 Å². The summed E-state index contributed by atoms with van der Waals surface area (Å²) in [5.41, 5.74) is -0.148. The molecule has 1 N–H and O–H groups in total. The summed E-state index contributed by atoms with van der Waals surface area (Å²) >= 11 is 0. The fraction of sp³-hybridized carbons (Fsp3) is 0.231. The number of benzene rings is 1. The van der Waals surface area contributed by atoms with Crippen molar-refractivity contribution in [2.75, 3.05) is 6.54 Å². The summed E-state index contributed by atoms with van der Waals surface area (Å²) in [5, 5.41) is 19.9. The van der Waals surface area contributed by atoms with Crippen molar-refractivity contribution < 1.29 is 9.59 Å². The van der Waals surface area contributed by atoms with E-state index in [0.717, 1.165) is 4.90 Å². The second-order valence-corrected chi connectivity index (χ2v) is 4.29. The summed E-state index contributed by atoms with van der Waals surface area (Å²) in [6, 6.07) is 9.56. The zero-order valence-corrected chi connectivity index (χ0v) is 10.2. The number of urea groups is 1. The number of nitrogens with zero attached hydrogens (tertiary/aromatic N) is 3. The maximum atomic E-state index is 12.2. The quantitative estimate of drug-likeness (QED) is 0.624. The SMILES string of the molecule is C[C@@]1(c2ccc(C#N)cc2)NC(=O)N(CC#N)C1=O. The average molecular weight is 254 g/mol. The summed E-state index contributed by atoms with van der Waals surface area (Å²) in [4.78, 5) is 24.8. The Morgan fingerprint density at radius 3 is 2.42 bits per heavy atom. The van der Waals surface area contributed by atoms with Crippen molar-refractivity contribution in [1.29, 1.82) is 10.5 Å². The molecule has 19 heavy (non-hydrogen) atoms. The van der Waals surface area contributed by atoms with Gasteiger partial charge in [-0.05, 0) is 24.6 Å². The first-order valence-electron chi connectivity index (χ1n) is 5.54. The molecule has 0 bridgehead atoms. The van der Waals surface area contributed by atoms with Crippen molar-refractivity contribution in [3.63, 3.8) is 0 Å². The third-order valence-electron chi connectivity index (χ3n) is 3.10. The van der Waals surface area contributed by atoms with Crippen LogP contribution < -0.4 is 5.32 Å². The van der Waals surface area contributed by atoms with E-state index < -0.39 is 17.5 Å². The van der Waals surface area contributed by atoms with Crippen LogP contribution in [-0.2, 0) is 10.3 Å². The highest BCUT2D eigenvalue weighted by Crippen LogP contribution is 2.28. The Morgan fingerprint density at radius 1 is 1.26 bits per heavy atom. The minimum atomic E-state index is -1.19. The van der Waals surface area contributed by atoms with Crippen molar-refractivity contribution in [3.8, 4) is 12.1 Å². The lowest BCUT2D eigenvalue weighted by molar-refractivity contribution is -0.130. The fourth-order valence-corrected chi connectivity index (χ4v) is 1.99. The Labute approximate surface area is 109 Å². The van der Waals surface area contributed by atoms with Gasteiger partial charge in [-0.1, -0.05) is 12.1 Å². The molecule has 1 atom stereocenters. The van der Waals surface area contributed by atoms with Gasteiger partial charge in [-0.3, -0.25) is 4.79 Å². The Bertz CT molecular complexity index is 624. The van der Waals surface area contributed by atoms with Gasteiger partial charge in [0.2, 0.25) is 0 Å². The molecule has 2 rings (SSSR count). The molecule has 1 fully saturated rings. The van der Waals surface area contributed by atoms with Crippen molar-refractivity contribution in [3.05, 3.63) is 35.4 Å². The Hall–Kier alpha value is -2.86. The Balaban J connectivity index is 2.38. The number of rotatable bonds is 2. The third-order valence-corrected chi connectivity index (χ3v) is 3.10. The molecule has 6 heteroatoms. The Kier molecular flexibility index (Phi) is 2.94. The molecule has 94 valence electrons. The van der Waals surface area contributed by atoms with E-state index in [1.165, 1.54) is 0 Å². The smallest absolute Gasteiger partial charge is 0.319 e. The van der Waals surface area contributed by atoms with Gasteiger partial charge in [0.25, 0.3) is 5.91 Å². The van der Waals surface area contributed by atoms with Gasteiger partial charge >= 0.3 is 6.03 Å². The van der Waals surface area contributed by atoms with Crippen LogP contribution in [0.2, 0.25) is 0 Å². The van der Waals surface area contributed by atoms with E-state index >= 15 is 0 Å². The van der Waals surface area contributed by atoms with Gasteiger partial charge < -0.3 is 5.32 Å². The van der Waals surface area contributed by atoms with Crippen LogP contribution in [0.5, 0.6) is 0 Å². The second kappa shape index (κ2) is 4.43. The fourth-order valence-electron chi connectivity index (χ4n) is 1.99. The highest BCUT2D eigenvalue weighted by atomic mass is 16.2. The predicted molar refractivity (Wildman–Crippen MR) is 64.4 cm³/mol. The molecule has 0 unspecified atom stereocenters. The molecule has 6 nitrogen and oxygen atoms in total. The van der Waals surface area contributed by atoms with E-state index in [1.807, 2.05) is 6.07 Å². The maximum absolute atomic E-state index is 12.2. The molecule has 1 aromatic rings. The van der Waals surface area contributed by atoms with Crippen LogP contribution in [0.15, 0.2) is 24.3 Å². The number of imide groups is 1.